The van der Waals surface area contributed by atoms with Gasteiger partial charge in [-0.1, -0.05) is 18.3 Å². The Labute approximate surface area is 105 Å². The summed E-state index contributed by atoms with van der Waals surface area (Å²) in [6, 6.07) is -0.227. The van der Waals surface area contributed by atoms with Crippen molar-refractivity contribution in [1.29, 1.82) is 0 Å². The van der Waals surface area contributed by atoms with Crippen LogP contribution in [0.25, 0.3) is 0 Å². The zero-order valence-electron chi connectivity index (χ0n) is 9.73. The highest BCUT2D eigenvalue weighted by atomic mass is 32.1. The zero-order valence-corrected chi connectivity index (χ0v) is 10.5. The SMILES string of the molecule is CCC(C)N(CC(=O)O)c1nnc(C(F)(F)F)s1. The van der Waals surface area contributed by atoms with Gasteiger partial charge in [-0.05, 0) is 13.3 Å². The number of anilines is 1. The third-order valence-corrected chi connectivity index (χ3v) is 3.34. The molecular weight excluding hydrogens is 271 g/mol. The third kappa shape index (κ3) is 3.56. The number of carboxylic acids is 1. The van der Waals surface area contributed by atoms with Crippen molar-refractivity contribution in [2.45, 2.75) is 32.5 Å². The first kappa shape index (κ1) is 14.7. The lowest BCUT2D eigenvalue weighted by Gasteiger charge is -2.25. The quantitative estimate of drug-likeness (QED) is 0.897. The summed E-state index contributed by atoms with van der Waals surface area (Å²) in [5.41, 5.74) is 0. The van der Waals surface area contributed by atoms with Crippen molar-refractivity contribution in [1.82, 2.24) is 10.2 Å². The van der Waals surface area contributed by atoms with E-state index in [1.807, 2.05) is 6.92 Å². The summed E-state index contributed by atoms with van der Waals surface area (Å²) in [5, 5.41) is 14.1. The fourth-order valence-corrected chi connectivity index (χ4v) is 2.04. The predicted octanol–water partition coefficient (Wildman–Crippen LogP) is 2.25. The minimum absolute atomic E-state index is 0.0286. The molecule has 1 rings (SSSR count). The van der Waals surface area contributed by atoms with Crippen molar-refractivity contribution in [2.24, 2.45) is 0 Å². The van der Waals surface area contributed by atoms with Crippen LogP contribution in [0.15, 0.2) is 0 Å². The first-order valence-corrected chi connectivity index (χ1v) is 5.96. The largest absolute Gasteiger partial charge is 0.480 e. The highest BCUT2D eigenvalue weighted by Gasteiger charge is 2.36. The highest BCUT2D eigenvalue weighted by Crippen LogP contribution is 2.34. The molecule has 0 aliphatic heterocycles. The van der Waals surface area contributed by atoms with Crippen LogP contribution in [0.5, 0.6) is 0 Å². The lowest BCUT2D eigenvalue weighted by atomic mass is 10.2. The van der Waals surface area contributed by atoms with Gasteiger partial charge in [-0.2, -0.15) is 13.2 Å². The van der Waals surface area contributed by atoms with E-state index in [0.29, 0.717) is 17.8 Å². The molecule has 0 fully saturated rings. The van der Waals surface area contributed by atoms with E-state index in [-0.39, 0.29) is 11.2 Å². The molecule has 0 aliphatic rings. The van der Waals surface area contributed by atoms with Gasteiger partial charge in [0, 0.05) is 6.04 Å². The van der Waals surface area contributed by atoms with Crippen molar-refractivity contribution in [3.63, 3.8) is 0 Å². The molecule has 102 valence electrons. The average molecular weight is 283 g/mol. The lowest BCUT2D eigenvalue weighted by Crippen LogP contribution is -2.37. The van der Waals surface area contributed by atoms with Crippen LogP contribution in [0.4, 0.5) is 18.3 Å². The van der Waals surface area contributed by atoms with Crippen molar-refractivity contribution in [2.75, 3.05) is 11.4 Å². The van der Waals surface area contributed by atoms with E-state index in [0.717, 1.165) is 0 Å². The summed E-state index contributed by atoms with van der Waals surface area (Å²) in [6.45, 7) is 3.13. The summed E-state index contributed by atoms with van der Waals surface area (Å²) in [4.78, 5) is 12.0. The summed E-state index contributed by atoms with van der Waals surface area (Å²) < 4.78 is 37.1. The van der Waals surface area contributed by atoms with Crippen LogP contribution in [0.2, 0.25) is 0 Å². The molecular formula is C9H12F3N3O2S. The van der Waals surface area contributed by atoms with Crippen LogP contribution in [-0.2, 0) is 11.0 Å². The number of aliphatic carboxylic acids is 1. The summed E-state index contributed by atoms with van der Waals surface area (Å²) in [7, 11) is 0. The minimum Gasteiger partial charge on any atom is -0.480 e. The minimum atomic E-state index is -4.56. The average Bonchev–Trinajstić information content (AvgIpc) is 2.73. The molecule has 0 radical (unpaired) electrons. The first-order chi connectivity index (χ1) is 8.25. The van der Waals surface area contributed by atoms with E-state index < -0.39 is 23.7 Å². The van der Waals surface area contributed by atoms with E-state index >= 15 is 0 Å². The molecule has 1 atom stereocenters. The molecule has 0 saturated heterocycles. The molecule has 0 spiro atoms. The topological polar surface area (TPSA) is 66.3 Å². The van der Waals surface area contributed by atoms with Crippen LogP contribution < -0.4 is 4.90 Å². The number of carbonyl (C=O) groups is 1. The summed E-state index contributed by atoms with van der Waals surface area (Å²) in [6.07, 6.45) is -3.96. The number of nitrogens with zero attached hydrogens (tertiary/aromatic N) is 3. The van der Waals surface area contributed by atoms with E-state index in [4.69, 9.17) is 5.11 Å². The number of rotatable bonds is 5. The van der Waals surface area contributed by atoms with Gasteiger partial charge in [0.25, 0.3) is 0 Å². The molecule has 5 nitrogen and oxygen atoms in total. The molecule has 1 aromatic heterocycles. The monoisotopic (exact) mass is 283 g/mol. The smallest absolute Gasteiger partial charge is 0.445 e. The number of hydrogen-bond acceptors (Lipinski definition) is 5. The lowest BCUT2D eigenvalue weighted by molar-refractivity contribution is -0.138. The molecule has 9 heteroatoms. The van der Waals surface area contributed by atoms with Crippen LogP contribution in [0, 0.1) is 0 Å². The Morgan fingerprint density at radius 2 is 2.11 bits per heavy atom. The van der Waals surface area contributed by atoms with Gasteiger partial charge in [0.1, 0.15) is 6.54 Å². The molecule has 1 unspecified atom stereocenters. The number of halogens is 3. The maximum Gasteiger partial charge on any atom is 0.445 e. The van der Waals surface area contributed by atoms with Crippen LogP contribution in [-0.4, -0.2) is 33.9 Å². The number of alkyl halides is 3. The van der Waals surface area contributed by atoms with Crippen LogP contribution in [0.3, 0.4) is 0 Å². The Hall–Kier alpha value is -1.38. The Morgan fingerprint density at radius 1 is 1.50 bits per heavy atom. The van der Waals surface area contributed by atoms with Gasteiger partial charge in [-0.15, -0.1) is 10.2 Å². The van der Waals surface area contributed by atoms with Gasteiger partial charge in [-0.3, -0.25) is 4.79 Å². The molecule has 0 aliphatic carbocycles. The Balaban J connectivity index is 2.99. The number of aromatic nitrogens is 2. The maximum atomic E-state index is 12.4. The predicted molar refractivity (Wildman–Crippen MR) is 59.6 cm³/mol. The Morgan fingerprint density at radius 3 is 2.50 bits per heavy atom. The standard InChI is InChI=1S/C9H12F3N3O2S/c1-3-5(2)15(4-6(16)17)8-14-13-7(18-8)9(10,11)12/h5H,3-4H2,1-2H3,(H,16,17). The second kappa shape index (κ2) is 5.51. The van der Waals surface area contributed by atoms with Gasteiger partial charge < -0.3 is 10.0 Å². The van der Waals surface area contributed by atoms with E-state index in [9.17, 15) is 18.0 Å². The van der Waals surface area contributed by atoms with Gasteiger partial charge >= 0.3 is 12.1 Å². The van der Waals surface area contributed by atoms with Gasteiger partial charge in [-0.25, -0.2) is 0 Å². The van der Waals surface area contributed by atoms with E-state index in [1.165, 1.54) is 4.90 Å². The molecule has 1 N–H and O–H groups in total. The summed E-state index contributed by atoms with van der Waals surface area (Å²) >= 11 is 0.349. The summed E-state index contributed by atoms with van der Waals surface area (Å²) in [5.74, 6) is -1.13. The molecule has 0 bridgehead atoms. The second-order valence-corrected chi connectivity index (χ2v) is 4.62. The molecule has 0 aromatic carbocycles. The van der Waals surface area contributed by atoms with Crippen LogP contribution in [0.1, 0.15) is 25.3 Å². The number of hydrogen-bond donors (Lipinski definition) is 1. The third-order valence-electron chi connectivity index (χ3n) is 2.33. The zero-order chi connectivity index (χ0) is 13.9. The Bertz CT molecular complexity index is 421. The van der Waals surface area contributed by atoms with Gasteiger partial charge in [0.15, 0.2) is 0 Å². The van der Waals surface area contributed by atoms with Crippen molar-refractivity contribution in [3.05, 3.63) is 5.01 Å². The number of carboxylic acid groups (broad SMARTS) is 1. The van der Waals surface area contributed by atoms with E-state index in [2.05, 4.69) is 10.2 Å². The molecule has 0 amide bonds. The van der Waals surface area contributed by atoms with E-state index in [1.54, 1.807) is 6.92 Å². The molecule has 1 heterocycles. The fraction of sp³-hybridized carbons (Fsp3) is 0.667. The molecule has 1 aromatic rings. The normalized spacial score (nSPS) is 13.4. The van der Waals surface area contributed by atoms with Crippen molar-refractivity contribution >= 4 is 22.4 Å². The maximum absolute atomic E-state index is 12.4. The van der Waals surface area contributed by atoms with Crippen molar-refractivity contribution in [3.8, 4) is 0 Å². The van der Waals surface area contributed by atoms with Gasteiger partial charge in [0.05, 0.1) is 0 Å². The Kier molecular flexibility index (Phi) is 4.49. The van der Waals surface area contributed by atoms with Crippen molar-refractivity contribution < 1.29 is 23.1 Å². The fourth-order valence-electron chi connectivity index (χ4n) is 1.22. The van der Waals surface area contributed by atoms with Crippen LogP contribution >= 0.6 is 11.3 Å². The molecule has 0 saturated carbocycles. The second-order valence-electron chi connectivity index (χ2n) is 3.67. The first-order valence-electron chi connectivity index (χ1n) is 5.14. The van der Waals surface area contributed by atoms with Gasteiger partial charge in [0.2, 0.25) is 10.1 Å². The molecule has 18 heavy (non-hydrogen) atoms. The highest BCUT2D eigenvalue weighted by molar-refractivity contribution is 7.15.